The summed E-state index contributed by atoms with van der Waals surface area (Å²) in [5, 5.41) is 4.59. The number of amides is 4. The zero-order chi connectivity index (χ0) is 19.0. The Hall–Kier alpha value is -3.36. The fourth-order valence-corrected chi connectivity index (χ4v) is 3.32. The Labute approximate surface area is 155 Å². The summed E-state index contributed by atoms with van der Waals surface area (Å²) in [6.07, 6.45) is 0.578. The number of H-pyrrole nitrogens is 1. The first-order chi connectivity index (χ1) is 13.0. The summed E-state index contributed by atoms with van der Waals surface area (Å²) in [6.45, 7) is 0.921. The number of urea groups is 1. The summed E-state index contributed by atoms with van der Waals surface area (Å²) in [4.78, 5) is 44.9. The van der Waals surface area contributed by atoms with Gasteiger partial charge in [0.15, 0.2) is 0 Å². The van der Waals surface area contributed by atoms with Gasteiger partial charge in [-0.05, 0) is 12.1 Å². The number of rotatable bonds is 4. The molecule has 4 amide bonds. The quantitative estimate of drug-likeness (QED) is 0.681. The number of benzene rings is 1. The molecule has 9 nitrogen and oxygen atoms in total. The van der Waals surface area contributed by atoms with Gasteiger partial charge in [0, 0.05) is 18.5 Å². The van der Waals surface area contributed by atoms with Crippen LogP contribution in [0.1, 0.15) is 17.8 Å². The van der Waals surface area contributed by atoms with E-state index in [1.807, 2.05) is 24.3 Å². The molecule has 1 aromatic carbocycles. The van der Waals surface area contributed by atoms with Crippen molar-refractivity contribution in [3.05, 3.63) is 35.7 Å². The van der Waals surface area contributed by atoms with Crippen LogP contribution in [-0.4, -0.2) is 52.4 Å². The van der Waals surface area contributed by atoms with E-state index >= 15 is 0 Å². The van der Waals surface area contributed by atoms with Crippen LogP contribution in [0.15, 0.2) is 24.3 Å². The molecule has 140 valence electrons. The number of hydrogen-bond acceptors (Lipinski definition) is 5. The highest BCUT2D eigenvalue weighted by atomic mass is 16.5. The number of aromatic amines is 1. The van der Waals surface area contributed by atoms with Crippen LogP contribution in [0.4, 0.5) is 4.79 Å². The van der Waals surface area contributed by atoms with E-state index in [2.05, 4.69) is 20.6 Å². The minimum atomic E-state index is -0.805. The molecular formula is C18H19N5O4. The van der Waals surface area contributed by atoms with E-state index in [0.29, 0.717) is 19.5 Å². The van der Waals surface area contributed by atoms with Crippen molar-refractivity contribution in [1.29, 1.82) is 0 Å². The van der Waals surface area contributed by atoms with E-state index in [4.69, 9.17) is 4.74 Å². The lowest BCUT2D eigenvalue weighted by atomic mass is 10.1. The number of carbonyl (C=O) groups excluding carboxylic acids is 3. The molecule has 2 aliphatic rings. The average molecular weight is 369 g/mol. The van der Waals surface area contributed by atoms with Gasteiger partial charge in [0.1, 0.15) is 17.6 Å². The van der Waals surface area contributed by atoms with E-state index < -0.39 is 18.0 Å². The number of imidazole rings is 1. The Bertz CT molecular complexity index is 922. The molecule has 0 saturated carbocycles. The number of imide groups is 1. The van der Waals surface area contributed by atoms with Crippen molar-refractivity contribution in [3.8, 4) is 17.1 Å². The number of hydrogen-bond donors (Lipinski definition) is 3. The number of nitrogens with one attached hydrogen (secondary N) is 3. The normalized spacial score (nSPS) is 18.7. The fraction of sp³-hybridized carbons (Fsp3) is 0.333. The first-order valence-corrected chi connectivity index (χ1v) is 8.65. The molecule has 1 atom stereocenters. The van der Waals surface area contributed by atoms with E-state index in [9.17, 15) is 14.4 Å². The van der Waals surface area contributed by atoms with E-state index in [1.165, 1.54) is 0 Å². The number of aromatic nitrogens is 2. The number of ether oxygens (including phenoxy) is 1. The van der Waals surface area contributed by atoms with Crippen molar-refractivity contribution in [1.82, 2.24) is 25.5 Å². The molecule has 1 aromatic heterocycles. The molecular weight excluding hydrogens is 350 g/mol. The predicted octanol–water partition coefficient (Wildman–Crippen LogP) is 0.568. The zero-order valence-electron chi connectivity index (χ0n) is 14.7. The summed E-state index contributed by atoms with van der Waals surface area (Å²) < 4.78 is 5.25. The predicted molar refractivity (Wildman–Crippen MR) is 94.8 cm³/mol. The van der Waals surface area contributed by atoms with Crippen LogP contribution in [-0.2, 0) is 22.6 Å². The Kier molecular flexibility index (Phi) is 4.27. The second-order valence-corrected chi connectivity index (χ2v) is 6.53. The van der Waals surface area contributed by atoms with Gasteiger partial charge in [-0.2, -0.15) is 0 Å². The lowest BCUT2D eigenvalue weighted by Gasteiger charge is -2.26. The number of methoxy groups -OCH3 is 1. The Morgan fingerprint density at radius 3 is 2.96 bits per heavy atom. The van der Waals surface area contributed by atoms with Gasteiger partial charge in [-0.3, -0.25) is 14.9 Å². The Morgan fingerprint density at radius 2 is 2.22 bits per heavy atom. The second-order valence-electron chi connectivity index (χ2n) is 6.53. The largest absolute Gasteiger partial charge is 0.497 e. The second kappa shape index (κ2) is 6.75. The molecule has 3 N–H and O–H groups in total. The van der Waals surface area contributed by atoms with Crippen LogP contribution in [0.5, 0.6) is 5.75 Å². The van der Waals surface area contributed by atoms with Crippen molar-refractivity contribution < 1.29 is 19.1 Å². The maximum absolute atomic E-state index is 12.5. The monoisotopic (exact) mass is 369 g/mol. The van der Waals surface area contributed by atoms with Gasteiger partial charge in [-0.25, -0.2) is 9.78 Å². The Morgan fingerprint density at radius 1 is 1.37 bits per heavy atom. The maximum atomic E-state index is 12.5. The minimum Gasteiger partial charge on any atom is -0.497 e. The zero-order valence-corrected chi connectivity index (χ0v) is 14.7. The van der Waals surface area contributed by atoms with Gasteiger partial charge >= 0.3 is 6.03 Å². The van der Waals surface area contributed by atoms with Gasteiger partial charge < -0.3 is 19.9 Å². The van der Waals surface area contributed by atoms with E-state index in [1.54, 1.807) is 12.0 Å². The SMILES string of the molecule is COc1cccc(-c2nc3c([nH]2)CN(C(=O)C[C@H]2NC(=O)NC2=O)CC3)c1. The lowest BCUT2D eigenvalue weighted by Crippen LogP contribution is -2.41. The van der Waals surface area contributed by atoms with Crippen LogP contribution in [0.2, 0.25) is 0 Å². The highest BCUT2D eigenvalue weighted by molar-refractivity contribution is 6.05. The van der Waals surface area contributed by atoms with Crippen LogP contribution in [0.25, 0.3) is 11.4 Å². The minimum absolute atomic E-state index is 0.0518. The van der Waals surface area contributed by atoms with Gasteiger partial charge in [0.05, 0.1) is 31.5 Å². The maximum Gasteiger partial charge on any atom is 0.322 e. The first kappa shape index (κ1) is 17.1. The number of fused-ring (bicyclic) bond motifs is 1. The lowest BCUT2D eigenvalue weighted by molar-refractivity contribution is -0.134. The molecule has 1 saturated heterocycles. The molecule has 0 aliphatic carbocycles. The Balaban J connectivity index is 1.47. The average Bonchev–Trinajstić information content (AvgIpc) is 3.23. The van der Waals surface area contributed by atoms with Crippen LogP contribution in [0, 0.1) is 0 Å². The van der Waals surface area contributed by atoms with Crippen molar-refractivity contribution >= 4 is 17.8 Å². The molecule has 9 heteroatoms. The summed E-state index contributed by atoms with van der Waals surface area (Å²) in [6, 6.07) is 6.23. The van der Waals surface area contributed by atoms with Crippen molar-refractivity contribution in [2.45, 2.75) is 25.4 Å². The summed E-state index contributed by atoms with van der Waals surface area (Å²) in [7, 11) is 1.61. The molecule has 0 radical (unpaired) electrons. The third-order valence-electron chi connectivity index (χ3n) is 4.77. The van der Waals surface area contributed by atoms with Crippen LogP contribution < -0.4 is 15.4 Å². The van der Waals surface area contributed by atoms with Crippen LogP contribution in [0.3, 0.4) is 0 Å². The third-order valence-corrected chi connectivity index (χ3v) is 4.77. The van der Waals surface area contributed by atoms with E-state index in [-0.39, 0.29) is 12.3 Å². The molecule has 2 aliphatic heterocycles. The number of carbonyl (C=O) groups is 3. The summed E-state index contributed by atoms with van der Waals surface area (Å²) >= 11 is 0. The van der Waals surface area contributed by atoms with Crippen molar-refractivity contribution in [2.24, 2.45) is 0 Å². The van der Waals surface area contributed by atoms with Crippen LogP contribution >= 0.6 is 0 Å². The van der Waals surface area contributed by atoms with E-state index in [0.717, 1.165) is 28.5 Å². The molecule has 0 unspecified atom stereocenters. The molecule has 1 fully saturated rings. The van der Waals surface area contributed by atoms with Gasteiger partial charge in [-0.1, -0.05) is 12.1 Å². The highest BCUT2D eigenvalue weighted by Gasteiger charge is 2.33. The fourth-order valence-electron chi connectivity index (χ4n) is 3.32. The van der Waals surface area contributed by atoms with Crippen molar-refractivity contribution in [2.75, 3.05) is 13.7 Å². The molecule has 2 aromatic rings. The van der Waals surface area contributed by atoms with Gasteiger partial charge in [0.25, 0.3) is 5.91 Å². The highest BCUT2D eigenvalue weighted by Crippen LogP contribution is 2.25. The molecule has 0 spiro atoms. The van der Waals surface area contributed by atoms with Gasteiger partial charge in [-0.15, -0.1) is 0 Å². The molecule has 0 bridgehead atoms. The number of nitrogens with zero attached hydrogens (tertiary/aromatic N) is 2. The topological polar surface area (TPSA) is 116 Å². The standard InChI is InChI=1S/C18H19N5O4/c1-27-11-4-2-3-10(7-11)16-19-12-5-6-23(9-14(12)20-16)15(24)8-13-17(25)22-18(26)21-13/h2-4,7,13H,5-6,8-9H2,1H3,(H,19,20)(H2,21,22,25,26)/t13-/m1/s1. The molecule has 3 heterocycles. The van der Waals surface area contributed by atoms with Gasteiger partial charge in [0.2, 0.25) is 5.91 Å². The van der Waals surface area contributed by atoms with Crippen molar-refractivity contribution in [3.63, 3.8) is 0 Å². The molecule has 27 heavy (non-hydrogen) atoms. The smallest absolute Gasteiger partial charge is 0.322 e. The summed E-state index contributed by atoms with van der Waals surface area (Å²) in [5.41, 5.74) is 2.73. The summed E-state index contributed by atoms with van der Waals surface area (Å²) in [5.74, 6) is 0.833. The molecule has 4 rings (SSSR count). The third kappa shape index (κ3) is 3.35. The first-order valence-electron chi connectivity index (χ1n) is 8.65.